The van der Waals surface area contributed by atoms with Crippen LogP contribution in [0.4, 0.5) is 0 Å². The van der Waals surface area contributed by atoms with Crippen molar-refractivity contribution in [1.82, 2.24) is 4.90 Å². The van der Waals surface area contributed by atoms with Crippen LogP contribution in [-0.2, 0) is 4.79 Å². The molecule has 1 saturated heterocycles. The highest BCUT2D eigenvalue weighted by molar-refractivity contribution is 6.32. The lowest BCUT2D eigenvalue weighted by Gasteiger charge is -2.19. The quantitative estimate of drug-likeness (QED) is 0.907. The predicted octanol–water partition coefficient (Wildman–Crippen LogP) is 1.67. The standard InChI is InChI=1S/C13H17ClN2O2/c1-9(15)13(17)16-7-6-10(8-16)18-12-5-3-2-4-11(12)14/h2-5,9-10H,6-8,15H2,1H3/t9-,10+/m0/s1. The number of hydrogen-bond acceptors (Lipinski definition) is 3. The zero-order valence-electron chi connectivity index (χ0n) is 10.3. The molecule has 1 fully saturated rings. The highest BCUT2D eigenvalue weighted by Gasteiger charge is 2.29. The first-order chi connectivity index (χ1) is 8.58. The van der Waals surface area contributed by atoms with E-state index in [1.165, 1.54) is 0 Å². The van der Waals surface area contributed by atoms with Gasteiger partial charge in [0.1, 0.15) is 11.9 Å². The number of halogens is 1. The molecule has 0 radical (unpaired) electrons. The van der Waals surface area contributed by atoms with Gasteiger partial charge in [-0.15, -0.1) is 0 Å². The summed E-state index contributed by atoms with van der Waals surface area (Å²) in [7, 11) is 0. The second-order valence-corrected chi connectivity index (χ2v) is 4.94. The number of rotatable bonds is 3. The van der Waals surface area contributed by atoms with E-state index in [0.717, 1.165) is 6.42 Å². The SMILES string of the molecule is C[C@H](N)C(=O)N1CC[C@@H](Oc2ccccc2Cl)C1. The summed E-state index contributed by atoms with van der Waals surface area (Å²) in [5, 5.41) is 0.592. The average molecular weight is 269 g/mol. The maximum atomic E-state index is 11.7. The van der Waals surface area contributed by atoms with Crippen LogP contribution in [0.2, 0.25) is 5.02 Å². The van der Waals surface area contributed by atoms with Gasteiger partial charge in [-0.1, -0.05) is 23.7 Å². The Labute approximate surface area is 112 Å². The molecule has 1 aromatic rings. The molecule has 1 aromatic carbocycles. The number of amides is 1. The van der Waals surface area contributed by atoms with E-state index in [4.69, 9.17) is 22.1 Å². The van der Waals surface area contributed by atoms with Crippen molar-refractivity contribution in [2.24, 2.45) is 5.73 Å². The molecule has 1 aliphatic heterocycles. The molecular weight excluding hydrogens is 252 g/mol. The van der Waals surface area contributed by atoms with Crippen LogP contribution in [0.25, 0.3) is 0 Å². The summed E-state index contributed by atoms with van der Waals surface area (Å²) in [6.45, 7) is 2.96. The number of para-hydroxylation sites is 1. The van der Waals surface area contributed by atoms with Gasteiger partial charge in [0.25, 0.3) is 0 Å². The molecule has 5 heteroatoms. The molecule has 0 bridgehead atoms. The fraction of sp³-hybridized carbons (Fsp3) is 0.462. The third kappa shape index (κ3) is 2.94. The highest BCUT2D eigenvalue weighted by atomic mass is 35.5. The van der Waals surface area contributed by atoms with Gasteiger partial charge in [0, 0.05) is 13.0 Å². The molecule has 2 rings (SSSR count). The minimum absolute atomic E-state index is 0.00685. The fourth-order valence-corrected chi connectivity index (χ4v) is 2.21. The first-order valence-electron chi connectivity index (χ1n) is 6.03. The fourth-order valence-electron chi connectivity index (χ4n) is 2.03. The van der Waals surface area contributed by atoms with Gasteiger partial charge < -0.3 is 15.4 Å². The number of nitrogens with zero attached hydrogens (tertiary/aromatic N) is 1. The molecule has 0 aromatic heterocycles. The van der Waals surface area contributed by atoms with E-state index in [9.17, 15) is 4.79 Å². The van der Waals surface area contributed by atoms with Gasteiger partial charge in [0.05, 0.1) is 17.6 Å². The summed E-state index contributed by atoms with van der Waals surface area (Å²) in [4.78, 5) is 13.5. The number of likely N-dealkylation sites (tertiary alicyclic amines) is 1. The Morgan fingerprint density at radius 3 is 2.94 bits per heavy atom. The lowest BCUT2D eigenvalue weighted by molar-refractivity contribution is -0.131. The maximum Gasteiger partial charge on any atom is 0.239 e. The normalized spacial score (nSPS) is 20.8. The number of ether oxygens (including phenoxy) is 1. The number of hydrogen-bond donors (Lipinski definition) is 1. The van der Waals surface area contributed by atoms with E-state index < -0.39 is 6.04 Å². The molecule has 0 saturated carbocycles. The second kappa shape index (κ2) is 5.59. The predicted molar refractivity (Wildman–Crippen MR) is 70.7 cm³/mol. The van der Waals surface area contributed by atoms with E-state index in [0.29, 0.717) is 23.9 Å². The second-order valence-electron chi connectivity index (χ2n) is 4.53. The molecular formula is C13H17ClN2O2. The molecule has 2 atom stereocenters. The Morgan fingerprint density at radius 1 is 1.56 bits per heavy atom. The van der Waals surface area contributed by atoms with Crippen LogP contribution in [0.3, 0.4) is 0 Å². The van der Waals surface area contributed by atoms with Crippen molar-refractivity contribution in [2.75, 3.05) is 13.1 Å². The Morgan fingerprint density at radius 2 is 2.28 bits per heavy atom. The topological polar surface area (TPSA) is 55.6 Å². The van der Waals surface area contributed by atoms with Gasteiger partial charge >= 0.3 is 0 Å². The van der Waals surface area contributed by atoms with Gasteiger partial charge in [-0.25, -0.2) is 0 Å². The van der Waals surface area contributed by atoms with Crippen molar-refractivity contribution in [3.05, 3.63) is 29.3 Å². The molecule has 1 heterocycles. The zero-order valence-corrected chi connectivity index (χ0v) is 11.1. The van der Waals surface area contributed by atoms with Crippen molar-refractivity contribution < 1.29 is 9.53 Å². The lowest BCUT2D eigenvalue weighted by atomic mass is 10.3. The molecule has 0 unspecified atom stereocenters. The van der Waals surface area contributed by atoms with Crippen LogP contribution in [0.15, 0.2) is 24.3 Å². The lowest BCUT2D eigenvalue weighted by Crippen LogP contribution is -2.41. The third-order valence-corrected chi connectivity index (χ3v) is 3.29. The average Bonchev–Trinajstić information content (AvgIpc) is 2.79. The van der Waals surface area contributed by atoms with Gasteiger partial charge in [-0.05, 0) is 19.1 Å². The highest BCUT2D eigenvalue weighted by Crippen LogP contribution is 2.26. The van der Waals surface area contributed by atoms with Crippen molar-refractivity contribution in [3.8, 4) is 5.75 Å². The van der Waals surface area contributed by atoms with Gasteiger partial charge in [0.15, 0.2) is 0 Å². The first kappa shape index (κ1) is 13.2. The molecule has 1 aliphatic rings. The van der Waals surface area contributed by atoms with Crippen LogP contribution in [-0.4, -0.2) is 36.0 Å². The van der Waals surface area contributed by atoms with Crippen molar-refractivity contribution in [3.63, 3.8) is 0 Å². The smallest absolute Gasteiger partial charge is 0.239 e. The van der Waals surface area contributed by atoms with Crippen molar-refractivity contribution in [1.29, 1.82) is 0 Å². The Hall–Kier alpha value is -1.26. The first-order valence-corrected chi connectivity index (χ1v) is 6.41. The summed E-state index contributed by atoms with van der Waals surface area (Å²) in [6.07, 6.45) is 0.802. The van der Waals surface area contributed by atoms with Gasteiger partial charge in [-0.3, -0.25) is 4.79 Å². The number of carbonyl (C=O) groups excluding carboxylic acids is 1. The summed E-state index contributed by atoms with van der Waals surface area (Å²) >= 11 is 6.03. The minimum Gasteiger partial charge on any atom is -0.487 e. The monoisotopic (exact) mass is 268 g/mol. The summed E-state index contributed by atoms with van der Waals surface area (Å²) in [5.74, 6) is 0.638. The maximum absolute atomic E-state index is 11.7. The number of nitrogens with two attached hydrogens (primary N) is 1. The Bertz CT molecular complexity index is 437. The van der Waals surface area contributed by atoms with E-state index in [1.807, 2.05) is 18.2 Å². The van der Waals surface area contributed by atoms with E-state index in [1.54, 1.807) is 17.9 Å². The number of carbonyl (C=O) groups is 1. The largest absolute Gasteiger partial charge is 0.487 e. The van der Waals surface area contributed by atoms with Crippen LogP contribution in [0.5, 0.6) is 5.75 Å². The van der Waals surface area contributed by atoms with Crippen LogP contribution in [0.1, 0.15) is 13.3 Å². The Balaban J connectivity index is 1.94. The summed E-state index contributed by atoms with van der Waals surface area (Å²) in [5.41, 5.74) is 5.58. The number of benzene rings is 1. The van der Waals surface area contributed by atoms with E-state index >= 15 is 0 Å². The third-order valence-electron chi connectivity index (χ3n) is 2.98. The van der Waals surface area contributed by atoms with Crippen LogP contribution in [0, 0.1) is 0 Å². The van der Waals surface area contributed by atoms with Gasteiger partial charge in [-0.2, -0.15) is 0 Å². The zero-order chi connectivity index (χ0) is 13.1. The van der Waals surface area contributed by atoms with E-state index in [-0.39, 0.29) is 12.0 Å². The van der Waals surface area contributed by atoms with Gasteiger partial charge in [0.2, 0.25) is 5.91 Å². The summed E-state index contributed by atoms with van der Waals surface area (Å²) < 4.78 is 5.80. The van der Waals surface area contributed by atoms with Crippen LogP contribution < -0.4 is 10.5 Å². The minimum atomic E-state index is -0.455. The Kier molecular flexibility index (Phi) is 4.09. The summed E-state index contributed by atoms with van der Waals surface area (Å²) in [6, 6.07) is 6.90. The van der Waals surface area contributed by atoms with E-state index in [2.05, 4.69) is 0 Å². The molecule has 0 aliphatic carbocycles. The van der Waals surface area contributed by atoms with Crippen LogP contribution >= 0.6 is 11.6 Å². The molecule has 4 nitrogen and oxygen atoms in total. The molecule has 1 amide bonds. The molecule has 18 heavy (non-hydrogen) atoms. The molecule has 0 spiro atoms. The van der Waals surface area contributed by atoms with Crippen molar-refractivity contribution in [2.45, 2.75) is 25.5 Å². The molecule has 98 valence electrons. The van der Waals surface area contributed by atoms with Crippen molar-refractivity contribution >= 4 is 17.5 Å². The molecule has 2 N–H and O–H groups in total.